The monoisotopic (exact) mass is 588 g/mol. The van der Waals surface area contributed by atoms with Crippen LogP contribution in [-0.2, 0) is 15.3 Å². The average Bonchev–Trinajstić information content (AvgIpc) is 3.23. The lowest BCUT2D eigenvalue weighted by atomic mass is 10.1. The first-order valence-corrected chi connectivity index (χ1v) is 14.3. The number of ether oxygens (including phenoxy) is 2. The molecule has 3 aromatic rings. The minimum absolute atomic E-state index is 0.254. The number of carbonyl (C=O) groups is 2. The summed E-state index contributed by atoms with van der Waals surface area (Å²) in [5.74, 6) is 0.873. The Balaban J connectivity index is 1.36. The number of rotatable bonds is 10. The van der Waals surface area contributed by atoms with Crippen molar-refractivity contribution >= 4 is 57.2 Å². The van der Waals surface area contributed by atoms with Gasteiger partial charge in [-0.1, -0.05) is 48.3 Å². The smallest absolute Gasteiger partial charge is 0.343 e. The van der Waals surface area contributed by atoms with Crippen molar-refractivity contribution in [2.45, 2.75) is 31.6 Å². The zero-order valence-electron chi connectivity index (χ0n) is 20.3. The molecule has 0 amide bonds. The number of anilines is 1. The largest absolute Gasteiger partial charge is 0.479 e. The fourth-order valence-electron chi connectivity index (χ4n) is 4.05. The van der Waals surface area contributed by atoms with E-state index >= 15 is 0 Å². The Morgan fingerprint density at radius 1 is 1.22 bits per heavy atom. The van der Waals surface area contributed by atoms with E-state index in [0.717, 1.165) is 54.1 Å². The molecule has 2 aromatic carbocycles. The van der Waals surface area contributed by atoms with Crippen LogP contribution in [0.2, 0.25) is 0 Å². The van der Waals surface area contributed by atoms with Gasteiger partial charge in [0.25, 0.3) is 0 Å². The first-order valence-electron chi connectivity index (χ1n) is 11.7. The highest BCUT2D eigenvalue weighted by molar-refractivity contribution is 9.10. The topological polar surface area (TPSA) is 67.9 Å². The van der Waals surface area contributed by atoms with Crippen molar-refractivity contribution in [1.29, 1.82) is 0 Å². The molecule has 1 aliphatic heterocycles. The molecule has 1 N–H and O–H groups in total. The second kappa shape index (κ2) is 12.8. The number of carbonyl (C=O) groups excluding carboxylic acids is 2. The average molecular weight is 590 g/mol. The van der Waals surface area contributed by atoms with Gasteiger partial charge in [0.2, 0.25) is 0 Å². The molecule has 0 saturated carbocycles. The first-order chi connectivity index (χ1) is 17.5. The van der Waals surface area contributed by atoms with Gasteiger partial charge in [-0.15, -0.1) is 11.3 Å². The minimum atomic E-state index is -0.502. The Hall–Kier alpha value is -2.33. The summed E-state index contributed by atoms with van der Waals surface area (Å²) in [6, 6.07) is 17.2. The maximum absolute atomic E-state index is 11.6. The van der Waals surface area contributed by atoms with Crippen molar-refractivity contribution in [3.8, 4) is 16.2 Å². The van der Waals surface area contributed by atoms with Crippen LogP contribution in [-0.4, -0.2) is 49.4 Å². The highest BCUT2D eigenvalue weighted by Gasteiger charge is 2.22. The van der Waals surface area contributed by atoms with Gasteiger partial charge in [-0.25, -0.2) is 4.79 Å². The first kappa shape index (κ1) is 26.7. The van der Waals surface area contributed by atoms with Crippen LogP contribution in [0, 0.1) is 6.92 Å². The number of aryl methyl sites for hydroxylation is 1. The minimum Gasteiger partial charge on any atom is -0.479 e. The van der Waals surface area contributed by atoms with Gasteiger partial charge in [0, 0.05) is 30.6 Å². The summed E-state index contributed by atoms with van der Waals surface area (Å²) < 4.78 is 13.3. The molecule has 0 aliphatic carbocycles. The molecule has 1 aromatic heterocycles. The Kier molecular flexibility index (Phi) is 9.47. The third kappa shape index (κ3) is 6.70. The molecule has 190 valence electrons. The van der Waals surface area contributed by atoms with Crippen molar-refractivity contribution in [3.05, 3.63) is 69.0 Å². The van der Waals surface area contributed by atoms with E-state index in [1.807, 2.05) is 24.1 Å². The van der Waals surface area contributed by atoms with Crippen LogP contribution in [0.1, 0.15) is 33.6 Å². The standard InChI is InChI=1S/C27H29BrN2O4S2/c1-18-6-3-4-7-20(18)17-35-30-12-10-21(11-13-30)29-22-9-5-8-19(14-22)27-25(28)26(23(15-31)36-27)34-16-24(32)33-2/h3-9,14-15,21,29H,10-13,16-17H2,1-2H3. The van der Waals surface area contributed by atoms with Crippen LogP contribution in [0.5, 0.6) is 5.75 Å². The summed E-state index contributed by atoms with van der Waals surface area (Å²) in [6.45, 7) is 4.02. The van der Waals surface area contributed by atoms with E-state index < -0.39 is 5.97 Å². The maximum atomic E-state index is 11.6. The van der Waals surface area contributed by atoms with E-state index in [-0.39, 0.29) is 6.61 Å². The van der Waals surface area contributed by atoms with Gasteiger partial charge >= 0.3 is 5.97 Å². The third-order valence-electron chi connectivity index (χ3n) is 6.12. The molecular formula is C27H29BrN2O4S2. The molecular weight excluding hydrogens is 560 g/mol. The lowest BCUT2D eigenvalue weighted by molar-refractivity contribution is -0.142. The quantitative estimate of drug-likeness (QED) is 0.163. The van der Waals surface area contributed by atoms with Crippen molar-refractivity contribution in [3.63, 3.8) is 0 Å². The van der Waals surface area contributed by atoms with Gasteiger partial charge in [0.1, 0.15) is 4.88 Å². The van der Waals surface area contributed by atoms with Crippen LogP contribution in [0.3, 0.4) is 0 Å². The summed E-state index contributed by atoms with van der Waals surface area (Å²) >= 11 is 6.81. The number of halogens is 1. The number of thiophene rings is 1. The second-order valence-corrected chi connectivity index (χ2v) is 11.5. The van der Waals surface area contributed by atoms with E-state index in [1.165, 1.54) is 29.6 Å². The summed E-state index contributed by atoms with van der Waals surface area (Å²) in [4.78, 5) is 24.4. The maximum Gasteiger partial charge on any atom is 0.343 e. The predicted octanol–water partition coefficient (Wildman–Crippen LogP) is 6.58. The lowest BCUT2D eigenvalue weighted by Gasteiger charge is -2.32. The number of hydrogen-bond donors (Lipinski definition) is 1. The Labute approximate surface area is 228 Å². The number of benzene rings is 2. The number of methoxy groups -OCH3 is 1. The summed E-state index contributed by atoms with van der Waals surface area (Å²) in [7, 11) is 1.30. The zero-order chi connectivity index (χ0) is 25.5. The summed E-state index contributed by atoms with van der Waals surface area (Å²) in [6.07, 6.45) is 2.90. The molecule has 1 fully saturated rings. The molecule has 0 bridgehead atoms. The molecule has 0 atom stereocenters. The SMILES string of the molecule is COC(=O)COc1c(C=O)sc(-c2cccc(NC3CCN(SCc4ccccc4C)CC3)c2)c1Br. The molecule has 2 heterocycles. The van der Waals surface area contributed by atoms with Crippen LogP contribution >= 0.6 is 39.2 Å². The van der Waals surface area contributed by atoms with Gasteiger partial charge < -0.3 is 14.8 Å². The number of aldehydes is 1. The Morgan fingerprint density at radius 2 is 2.00 bits per heavy atom. The molecule has 0 unspecified atom stereocenters. The third-order valence-corrected chi connectivity index (χ3v) is 9.45. The Bertz CT molecular complexity index is 1210. The van der Waals surface area contributed by atoms with Crippen molar-refractivity contribution in [1.82, 2.24) is 4.31 Å². The van der Waals surface area contributed by atoms with Gasteiger partial charge in [0.15, 0.2) is 18.6 Å². The van der Waals surface area contributed by atoms with Crippen LogP contribution < -0.4 is 10.1 Å². The summed E-state index contributed by atoms with van der Waals surface area (Å²) in [5.41, 5.74) is 4.76. The number of esters is 1. The van der Waals surface area contributed by atoms with E-state index in [9.17, 15) is 9.59 Å². The van der Waals surface area contributed by atoms with Gasteiger partial charge in [0.05, 0.1) is 16.5 Å². The molecule has 1 saturated heterocycles. The fourth-order valence-corrected chi connectivity index (χ4v) is 7.04. The van der Waals surface area contributed by atoms with Crippen LogP contribution in [0.4, 0.5) is 5.69 Å². The van der Waals surface area contributed by atoms with Gasteiger partial charge in [-0.2, -0.15) is 0 Å². The molecule has 6 nitrogen and oxygen atoms in total. The highest BCUT2D eigenvalue weighted by atomic mass is 79.9. The molecule has 36 heavy (non-hydrogen) atoms. The van der Waals surface area contributed by atoms with Crippen LogP contribution in [0.25, 0.3) is 10.4 Å². The number of hydrogen-bond acceptors (Lipinski definition) is 8. The second-order valence-electron chi connectivity index (χ2n) is 8.55. The fraction of sp³-hybridized carbons (Fsp3) is 0.333. The number of piperidine rings is 1. The highest BCUT2D eigenvalue weighted by Crippen LogP contribution is 2.45. The number of nitrogens with zero attached hydrogens (tertiary/aromatic N) is 1. The van der Waals surface area contributed by atoms with Gasteiger partial charge in [-0.3, -0.25) is 9.10 Å². The van der Waals surface area contributed by atoms with E-state index in [4.69, 9.17) is 4.74 Å². The molecule has 0 spiro atoms. The van der Waals surface area contributed by atoms with E-state index in [2.05, 4.69) is 73.6 Å². The molecule has 9 heteroatoms. The lowest BCUT2D eigenvalue weighted by Crippen LogP contribution is -2.35. The zero-order valence-corrected chi connectivity index (χ0v) is 23.5. The van der Waals surface area contributed by atoms with Crippen molar-refractivity contribution in [2.75, 3.05) is 32.1 Å². The van der Waals surface area contributed by atoms with Gasteiger partial charge in [-0.05, 0) is 64.5 Å². The molecule has 4 rings (SSSR count). The van der Waals surface area contributed by atoms with Crippen molar-refractivity contribution < 1.29 is 19.1 Å². The van der Waals surface area contributed by atoms with Crippen molar-refractivity contribution in [2.24, 2.45) is 0 Å². The summed E-state index contributed by atoms with van der Waals surface area (Å²) in [5, 5.41) is 3.69. The Morgan fingerprint density at radius 3 is 2.72 bits per heavy atom. The predicted molar refractivity (Wildman–Crippen MR) is 151 cm³/mol. The van der Waals surface area contributed by atoms with Crippen LogP contribution in [0.15, 0.2) is 53.0 Å². The van der Waals surface area contributed by atoms with E-state index in [1.54, 1.807) is 0 Å². The number of nitrogens with one attached hydrogen (secondary N) is 1. The normalized spacial score (nSPS) is 14.4. The molecule has 1 aliphatic rings. The molecule has 0 radical (unpaired) electrons. The van der Waals surface area contributed by atoms with E-state index in [0.29, 0.717) is 21.1 Å².